The van der Waals surface area contributed by atoms with Gasteiger partial charge in [-0.2, -0.15) is 0 Å². The van der Waals surface area contributed by atoms with Crippen LogP contribution in [0, 0.1) is 6.92 Å². The van der Waals surface area contributed by atoms with Crippen molar-refractivity contribution in [2.24, 2.45) is 0 Å². The van der Waals surface area contributed by atoms with Crippen molar-refractivity contribution in [3.63, 3.8) is 0 Å². The molecule has 29 heavy (non-hydrogen) atoms. The van der Waals surface area contributed by atoms with E-state index in [1.54, 1.807) is 18.7 Å². The number of aromatic nitrogens is 2. The van der Waals surface area contributed by atoms with Crippen molar-refractivity contribution in [2.45, 2.75) is 43.9 Å². The Kier molecular flexibility index (Phi) is 7.46. The number of esters is 1. The molecule has 0 fully saturated rings. The van der Waals surface area contributed by atoms with Crippen LogP contribution in [0.5, 0.6) is 0 Å². The van der Waals surface area contributed by atoms with Crippen LogP contribution in [-0.4, -0.2) is 40.3 Å². The van der Waals surface area contributed by atoms with Crippen LogP contribution in [0.25, 0.3) is 10.2 Å². The number of carbonyl (C=O) groups excluding carboxylic acids is 1. The van der Waals surface area contributed by atoms with E-state index in [1.807, 2.05) is 32.0 Å². The summed E-state index contributed by atoms with van der Waals surface area (Å²) in [4.78, 5) is 24.2. The number of fused-ring (bicyclic) bond motifs is 1. The summed E-state index contributed by atoms with van der Waals surface area (Å²) in [7, 11) is 0. The van der Waals surface area contributed by atoms with Crippen molar-refractivity contribution in [3.8, 4) is 0 Å². The Balaban J connectivity index is 2.00. The van der Waals surface area contributed by atoms with E-state index in [2.05, 4.69) is 17.4 Å². The van der Waals surface area contributed by atoms with Gasteiger partial charge in [-0.05, 0) is 38.0 Å². The number of anilines is 1. The van der Waals surface area contributed by atoms with Crippen molar-refractivity contribution < 1.29 is 14.6 Å². The maximum atomic E-state index is 12.4. The molecule has 0 aliphatic heterocycles. The fourth-order valence-electron chi connectivity index (χ4n) is 2.88. The Morgan fingerprint density at radius 1 is 1.28 bits per heavy atom. The number of benzene rings is 1. The van der Waals surface area contributed by atoms with Crippen molar-refractivity contribution in [1.82, 2.24) is 9.97 Å². The highest BCUT2D eigenvalue weighted by molar-refractivity contribution is 7.98. The fourth-order valence-corrected chi connectivity index (χ4v) is 4.75. The van der Waals surface area contributed by atoms with Crippen LogP contribution in [-0.2, 0) is 10.5 Å². The molecule has 0 saturated carbocycles. The van der Waals surface area contributed by atoms with Crippen LogP contribution in [0.2, 0.25) is 0 Å². The highest BCUT2D eigenvalue weighted by atomic mass is 32.2. The minimum atomic E-state index is -0.339. The standard InChI is InChI=1S/C21H25N3O3S2/c1-4-14(11-25)22-19-17-13(3)18(21(26)27-5-2)29-20(17)24-16(23-19)12-28-15-9-7-6-8-10-15/h6-10,14,25H,4-5,11-12H2,1-3H3,(H,22,23,24)/t14-/m1/s1. The molecular formula is C21H25N3O3S2. The van der Waals surface area contributed by atoms with Gasteiger partial charge in [-0.15, -0.1) is 23.1 Å². The molecular weight excluding hydrogens is 406 g/mol. The normalized spacial score (nSPS) is 12.1. The molecule has 0 amide bonds. The Morgan fingerprint density at radius 3 is 2.69 bits per heavy atom. The Bertz CT molecular complexity index is 972. The summed E-state index contributed by atoms with van der Waals surface area (Å²) in [5, 5.41) is 13.8. The largest absolute Gasteiger partial charge is 0.462 e. The zero-order chi connectivity index (χ0) is 20.8. The molecule has 2 aromatic heterocycles. The lowest BCUT2D eigenvalue weighted by Gasteiger charge is -2.16. The second kappa shape index (κ2) is 10.0. The first-order chi connectivity index (χ1) is 14.1. The lowest BCUT2D eigenvalue weighted by Crippen LogP contribution is -2.23. The lowest BCUT2D eigenvalue weighted by atomic mass is 10.1. The molecule has 1 aromatic carbocycles. The number of nitrogens with one attached hydrogen (secondary N) is 1. The molecule has 0 aliphatic rings. The van der Waals surface area contributed by atoms with Gasteiger partial charge in [-0.3, -0.25) is 0 Å². The number of aliphatic hydroxyl groups excluding tert-OH is 1. The van der Waals surface area contributed by atoms with Gasteiger partial charge in [0.05, 0.1) is 30.4 Å². The van der Waals surface area contributed by atoms with Gasteiger partial charge in [0, 0.05) is 4.90 Å². The molecule has 8 heteroatoms. The van der Waals surface area contributed by atoms with Crippen LogP contribution >= 0.6 is 23.1 Å². The molecule has 0 bridgehead atoms. The quantitative estimate of drug-likeness (QED) is 0.377. The second-order valence-electron chi connectivity index (χ2n) is 6.48. The van der Waals surface area contributed by atoms with Crippen molar-refractivity contribution >= 4 is 45.1 Å². The van der Waals surface area contributed by atoms with Crippen LogP contribution in [0.4, 0.5) is 5.82 Å². The summed E-state index contributed by atoms with van der Waals surface area (Å²) in [6, 6.07) is 9.97. The highest BCUT2D eigenvalue weighted by Gasteiger charge is 2.22. The van der Waals surface area contributed by atoms with Crippen LogP contribution < -0.4 is 5.32 Å². The van der Waals surface area contributed by atoms with Crippen molar-refractivity contribution in [2.75, 3.05) is 18.5 Å². The van der Waals surface area contributed by atoms with Gasteiger partial charge in [-0.1, -0.05) is 25.1 Å². The average molecular weight is 432 g/mol. The lowest BCUT2D eigenvalue weighted by molar-refractivity contribution is 0.0531. The minimum absolute atomic E-state index is 0.00398. The topological polar surface area (TPSA) is 84.3 Å². The van der Waals surface area contributed by atoms with Gasteiger partial charge in [0.1, 0.15) is 21.3 Å². The maximum absolute atomic E-state index is 12.4. The Hall–Kier alpha value is -2.16. The summed E-state index contributed by atoms with van der Waals surface area (Å²) in [6.07, 6.45) is 0.754. The number of carbonyl (C=O) groups is 1. The number of thiophene rings is 1. The average Bonchev–Trinajstić information content (AvgIpc) is 3.08. The van der Waals surface area contributed by atoms with Gasteiger partial charge in [0.25, 0.3) is 0 Å². The number of thioether (sulfide) groups is 1. The first-order valence-electron chi connectivity index (χ1n) is 9.59. The minimum Gasteiger partial charge on any atom is -0.462 e. The Morgan fingerprint density at radius 2 is 2.03 bits per heavy atom. The molecule has 0 spiro atoms. The number of hydrogen-bond acceptors (Lipinski definition) is 8. The van der Waals surface area contributed by atoms with Crippen LogP contribution in [0.15, 0.2) is 35.2 Å². The zero-order valence-corrected chi connectivity index (χ0v) is 18.4. The van der Waals surface area contributed by atoms with Crippen molar-refractivity contribution in [3.05, 3.63) is 46.6 Å². The summed E-state index contributed by atoms with van der Waals surface area (Å²) in [5.41, 5.74) is 0.806. The zero-order valence-electron chi connectivity index (χ0n) is 16.8. The third-order valence-electron chi connectivity index (χ3n) is 4.46. The summed E-state index contributed by atoms with van der Waals surface area (Å²) >= 11 is 2.98. The molecule has 0 saturated heterocycles. The summed E-state index contributed by atoms with van der Waals surface area (Å²) in [5.74, 6) is 1.60. The number of aryl methyl sites for hydroxylation is 1. The molecule has 1 atom stereocenters. The first-order valence-corrected chi connectivity index (χ1v) is 11.4. The number of nitrogens with zero attached hydrogens (tertiary/aromatic N) is 2. The van der Waals surface area contributed by atoms with Crippen molar-refractivity contribution in [1.29, 1.82) is 0 Å². The number of aliphatic hydroxyl groups is 1. The molecule has 154 valence electrons. The molecule has 2 heterocycles. The van der Waals surface area contributed by atoms with E-state index < -0.39 is 0 Å². The Labute approximate surface area is 178 Å². The highest BCUT2D eigenvalue weighted by Crippen LogP contribution is 2.35. The van der Waals surface area contributed by atoms with Gasteiger partial charge in [-0.25, -0.2) is 14.8 Å². The second-order valence-corrected chi connectivity index (χ2v) is 8.53. The fraction of sp³-hybridized carbons (Fsp3) is 0.381. The van der Waals surface area contributed by atoms with Gasteiger partial charge >= 0.3 is 5.97 Å². The molecule has 0 radical (unpaired) electrons. The predicted octanol–water partition coefficient (Wildman–Crippen LogP) is 4.65. The number of ether oxygens (including phenoxy) is 1. The summed E-state index contributed by atoms with van der Waals surface area (Å²) in [6.45, 7) is 6.01. The van der Waals surface area contributed by atoms with Gasteiger partial charge in [0.2, 0.25) is 0 Å². The molecule has 2 N–H and O–H groups in total. The van der Waals surface area contributed by atoms with E-state index in [1.165, 1.54) is 11.3 Å². The third kappa shape index (κ3) is 5.07. The van der Waals surface area contributed by atoms with E-state index >= 15 is 0 Å². The molecule has 0 unspecified atom stereocenters. The van der Waals surface area contributed by atoms with Crippen LogP contribution in [0.3, 0.4) is 0 Å². The van der Waals surface area contributed by atoms with E-state index in [0.29, 0.717) is 28.9 Å². The van der Waals surface area contributed by atoms with Crippen LogP contribution in [0.1, 0.15) is 41.3 Å². The van der Waals surface area contributed by atoms with E-state index in [4.69, 9.17) is 14.7 Å². The molecule has 3 rings (SSSR count). The summed E-state index contributed by atoms with van der Waals surface area (Å²) < 4.78 is 5.20. The maximum Gasteiger partial charge on any atom is 0.348 e. The van der Waals surface area contributed by atoms with Gasteiger partial charge < -0.3 is 15.2 Å². The molecule has 6 nitrogen and oxygen atoms in total. The van der Waals surface area contributed by atoms with Gasteiger partial charge in [0.15, 0.2) is 0 Å². The smallest absolute Gasteiger partial charge is 0.348 e. The molecule has 0 aliphatic carbocycles. The van der Waals surface area contributed by atoms with E-state index in [0.717, 1.165) is 27.1 Å². The predicted molar refractivity (Wildman–Crippen MR) is 119 cm³/mol. The van der Waals surface area contributed by atoms with E-state index in [-0.39, 0.29) is 18.6 Å². The first kappa shape index (κ1) is 21.5. The third-order valence-corrected chi connectivity index (χ3v) is 6.64. The number of rotatable bonds is 9. The SMILES string of the molecule is CCOC(=O)c1sc2nc(CSc3ccccc3)nc(N[C@H](CC)CO)c2c1C. The monoisotopic (exact) mass is 431 g/mol. The number of hydrogen-bond donors (Lipinski definition) is 2. The molecule has 3 aromatic rings. The van der Waals surface area contributed by atoms with E-state index in [9.17, 15) is 9.90 Å².